The highest BCUT2D eigenvalue weighted by Gasteiger charge is 2.37. The van der Waals surface area contributed by atoms with Crippen molar-refractivity contribution in [1.29, 1.82) is 0 Å². The molecule has 0 saturated carbocycles. The first kappa shape index (κ1) is 20.2. The zero-order valence-corrected chi connectivity index (χ0v) is 16.7. The third-order valence-corrected chi connectivity index (χ3v) is 6.93. The summed E-state index contributed by atoms with van der Waals surface area (Å²) in [6.07, 6.45) is 8.15. The Bertz CT molecular complexity index is 952. The van der Waals surface area contributed by atoms with Crippen molar-refractivity contribution < 1.29 is 22.2 Å². The zero-order valence-electron chi connectivity index (χ0n) is 15.9. The highest BCUT2D eigenvalue weighted by Crippen LogP contribution is 2.28. The Morgan fingerprint density at radius 3 is 2.86 bits per heavy atom. The lowest BCUT2D eigenvalue weighted by molar-refractivity contribution is -0.136. The lowest BCUT2D eigenvalue weighted by Crippen LogP contribution is -2.46. The van der Waals surface area contributed by atoms with Crippen LogP contribution >= 0.6 is 0 Å². The Balaban J connectivity index is 1.78. The molecule has 1 aliphatic heterocycles. The Kier molecular flexibility index (Phi) is 5.91. The van der Waals surface area contributed by atoms with Gasteiger partial charge in [-0.05, 0) is 38.8 Å². The maximum absolute atomic E-state index is 13.1. The largest absolute Gasteiger partial charge is 0.467 e. The zero-order chi connectivity index (χ0) is 20.3. The summed E-state index contributed by atoms with van der Waals surface area (Å²) in [4.78, 5) is 14.6. The lowest BCUT2D eigenvalue weighted by Gasteiger charge is -2.33. The number of amides is 1. The van der Waals surface area contributed by atoms with Crippen molar-refractivity contribution >= 4 is 15.9 Å². The minimum absolute atomic E-state index is 0.0802. The smallest absolute Gasteiger partial charge is 0.248 e. The number of aromatic nitrogens is 1. The summed E-state index contributed by atoms with van der Waals surface area (Å²) >= 11 is 0. The van der Waals surface area contributed by atoms with Gasteiger partial charge in [-0.15, -0.1) is 6.42 Å². The van der Waals surface area contributed by atoms with E-state index in [1.807, 2.05) is 0 Å². The van der Waals surface area contributed by atoms with Crippen LogP contribution in [0.5, 0.6) is 0 Å². The summed E-state index contributed by atoms with van der Waals surface area (Å²) in [6, 6.07) is 3.51. The van der Waals surface area contributed by atoms with Crippen LogP contribution in [0.2, 0.25) is 0 Å². The maximum Gasteiger partial charge on any atom is 0.248 e. The molecule has 2 aromatic rings. The molecule has 28 heavy (non-hydrogen) atoms. The minimum atomic E-state index is -3.79. The normalized spacial score (nSPS) is 18.0. The van der Waals surface area contributed by atoms with Crippen LogP contribution in [0, 0.1) is 32.1 Å². The van der Waals surface area contributed by atoms with Gasteiger partial charge in [-0.25, -0.2) is 8.42 Å². The van der Waals surface area contributed by atoms with Crippen molar-refractivity contribution in [2.24, 2.45) is 5.92 Å². The Morgan fingerprint density at radius 2 is 2.25 bits per heavy atom. The maximum atomic E-state index is 13.1. The number of carbonyl (C=O) groups is 1. The average Bonchev–Trinajstić information content (AvgIpc) is 3.30. The molecule has 0 spiro atoms. The summed E-state index contributed by atoms with van der Waals surface area (Å²) in [5.41, 5.74) is 0.317. The molecule has 1 atom stereocenters. The van der Waals surface area contributed by atoms with Crippen LogP contribution in [0.3, 0.4) is 0 Å². The van der Waals surface area contributed by atoms with Gasteiger partial charge in [0.15, 0.2) is 5.76 Å². The lowest BCUT2D eigenvalue weighted by atomic mass is 9.98. The van der Waals surface area contributed by atoms with E-state index in [0.29, 0.717) is 30.8 Å². The molecular formula is C19H23N3O5S. The topological polar surface area (TPSA) is 96.9 Å². The molecule has 8 nitrogen and oxygen atoms in total. The van der Waals surface area contributed by atoms with Gasteiger partial charge in [0.05, 0.1) is 25.3 Å². The SMILES string of the molecule is C#CCN(Cc1ccco1)C(=O)C1CCCN(S(=O)(=O)c2c(C)noc2C)C1. The second-order valence-corrected chi connectivity index (χ2v) is 8.71. The van der Waals surface area contributed by atoms with Gasteiger partial charge >= 0.3 is 0 Å². The van der Waals surface area contributed by atoms with E-state index in [2.05, 4.69) is 11.1 Å². The Morgan fingerprint density at radius 1 is 1.46 bits per heavy atom. The van der Waals surface area contributed by atoms with E-state index in [1.165, 1.54) is 15.5 Å². The number of sulfonamides is 1. The number of piperidine rings is 1. The molecule has 1 unspecified atom stereocenters. The predicted molar refractivity (Wildman–Crippen MR) is 100 cm³/mol. The summed E-state index contributed by atoms with van der Waals surface area (Å²) in [5.74, 6) is 2.72. The van der Waals surface area contributed by atoms with E-state index in [4.69, 9.17) is 15.4 Å². The van der Waals surface area contributed by atoms with E-state index >= 15 is 0 Å². The number of aryl methyl sites for hydroxylation is 2. The molecule has 3 heterocycles. The van der Waals surface area contributed by atoms with Crippen LogP contribution in [0.15, 0.2) is 32.2 Å². The number of furan rings is 1. The molecule has 0 bridgehead atoms. The first-order chi connectivity index (χ1) is 13.3. The van der Waals surface area contributed by atoms with Crippen molar-refractivity contribution in [3.05, 3.63) is 35.6 Å². The van der Waals surface area contributed by atoms with E-state index in [-0.39, 0.29) is 36.2 Å². The first-order valence-electron chi connectivity index (χ1n) is 9.02. The molecule has 150 valence electrons. The van der Waals surface area contributed by atoms with Gasteiger partial charge in [0.25, 0.3) is 0 Å². The third kappa shape index (κ3) is 3.98. The Hall–Kier alpha value is -2.57. The summed E-state index contributed by atoms with van der Waals surface area (Å²) in [7, 11) is -3.79. The van der Waals surface area contributed by atoms with Crippen molar-refractivity contribution in [2.45, 2.75) is 38.1 Å². The number of hydrogen-bond acceptors (Lipinski definition) is 6. The van der Waals surface area contributed by atoms with Crippen molar-refractivity contribution in [2.75, 3.05) is 19.6 Å². The van der Waals surface area contributed by atoms with Gasteiger partial charge in [-0.1, -0.05) is 11.1 Å². The van der Waals surface area contributed by atoms with Crippen molar-refractivity contribution in [1.82, 2.24) is 14.4 Å². The van der Waals surface area contributed by atoms with Crippen LogP contribution in [0.1, 0.15) is 30.1 Å². The van der Waals surface area contributed by atoms with Crippen molar-refractivity contribution in [3.63, 3.8) is 0 Å². The van der Waals surface area contributed by atoms with Crippen molar-refractivity contribution in [3.8, 4) is 12.3 Å². The highest BCUT2D eigenvalue weighted by atomic mass is 32.2. The third-order valence-electron chi connectivity index (χ3n) is 4.82. The van der Waals surface area contributed by atoms with Gasteiger partial charge < -0.3 is 13.8 Å². The summed E-state index contributed by atoms with van der Waals surface area (Å²) in [5, 5.41) is 3.74. The van der Waals surface area contributed by atoms with Gasteiger partial charge in [-0.2, -0.15) is 4.31 Å². The van der Waals surface area contributed by atoms with E-state index in [9.17, 15) is 13.2 Å². The van der Waals surface area contributed by atoms with Gasteiger partial charge in [0.2, 0.25) is 15.9 Å². The van der Waals surface area contributed by atoms with Crippen LogP contribution in [-0.4, -0.2) is 48.3 Å². The van der Waals surface area contributed by atoms with Crippen LogP contribution in [0.4, 0.5) is 0 Å². The van der Waals surface area contributed by atoms with E-state index in [0.717, 1.165) is 0 Å². The first-order valence-corrected chi connectivity index (χ1v) is 10.5. The fourth-order valence-corrected chi connectivity index (χ4v) is 5.32. The number of rotatable bonds is 6. The van der Waals surface area contributed by atoms with E-state index < -0.39 is 15.9 Å². The molecule has 1 saturated heterocycles. The summed E-state index contributed by atoms with van der Waals surface area (Å²) in [6.45, 7) is 4.00. The molecule has 3 rings (SSSR count). The predicted octanol–water partition coefficient (Wildman–Crippen LogP) is 1.95. The van der Waals surface area contributed by atoms with Gasteiger partial charge in [-0.3, -0.25) is 4.79 Å². The van der Waals surface area contributed by atoms with E-state index in [1.54, 1.807) is 26.0 Å². The fraction of sp³-hybridized carbons (Fsp3) is 0.474. The number of nitrogens with zero attached hydrogens (tertiary/aromatic N) is 3. The average molecular weight is 405 g/mol. The molecular weight excluding hydrogens is 382 g/mol. The van der Waals surface area contributed by atoms with Crippen LogP contribution < -0.4 is 0 Å². The number of terminal acetylenes is 1. The molecule has 0 aliphatic carbocycles. The molecule has 1 amide bonds. The second-order valence-electron chi connectivity index (χ2n) is 6.83. The Labute approximate surface area is 164 Å². The minimum Gasteiger partial charge on any atom is -0.467 e. The molecule has 9 heteroatoms. The number of hydrogen-bond donors (Lipinski definition) is 0. The highest BCUT2D eigenvalue weighted by molar-refractivity contribution is 7.89. The number of carbonyl (C=O) groups excluding carboxylic acids is 1. The summed E-state index contributed by atoms with van der Waals surface area (Å²) < 4.78 is 37.8. The standard InChI is InChI=1S/C19H23N3O5S/c1-4-9-21(13-17-8-6-11-26-17)19(23)16-7-5-10-22(12-16)28(24,25)18-14(2)20-27-15(18)3/h1,6,8,11,16H,5,7,9-10,12-13H2,2-3H3. The molecule has 1 aliphatic rings. The second kappa shape index (κ2) is 8.20. The molecule has 2 aromatic heterocycles. The van der Waals surface area contributed by atoms with Gasteiger partial charge in [0.1, 0.15) is 16.3 Å². The van der Waals surface area contributed by atoms with Crippen LogP contribution in [0.25, 0.3) is 0 Å². The monoisotopic (exact) mass is 405 g/mol. The quantitative estimate of drug-likeness (QED) is 0.682. The molecule has 0 radical (unpaired) electrons. The molecule has 0 N–H and O–H groups in total. The van der Waals surface area contributed by atoms with Crippen LogP contribution in [-0.2, 0) is 21.4 Å². The molecule has 0 aromatic carbocycles. The van der Waals surface area contributed by atoms with Gasteiger partial charge in [0, 0.05) is 13.1 Å². The fourth-order valence-electron chi connectivity index (χ4n) is 3.51. The molecule has 1 fully saturated rings.